The summed E-state index contributed by atoms with van der Waals surface area (Å²) in [5, 5.41) is 8.46. The summed E-state index contributed by atoms with van der Waals surface area (Å²) in [6.45, 7) is 1.95. The number of carbonyl (C=O) groups excluding carboxylic acids is 1. The van der Waals surface area contributed by atoms with Crippen LogP contribution in [0, 0.1) is 6.92 Å². The van der Waals surface area contributed by atoms with Crippen LogP contribution in [0.25, 0.3) is 0 Å². The molecule has 0 aliphatic heterocycles. The molecule has 1 heterocycles. The van der Waals surface area contributed by atoms with Crippen LogP contribution in [-0.4, -0.2) is 16.2 Å². The highest BCUT2D eigenvalue weighted by molar-refractivity contribution is 6.36. The molecule has 0 saturated heterocycles. The predicted octanol–water partition coefficient (Wildman–Crippen LogP) is 6.63. The Morgan fingerprint density at radius 1 is 1.07 bits per heavy atom. The molecule has 1 aromatic heterocycles. The number of benzene rings is 2. The molecule has 0 radical (unpaired) electrons. The van der Waals surface area contributed by atoms with E-state index >= 15 is 0 Å². The van der Waals surface area contributed by atoms with Gasteiger partial charge in [0.25, 0.3) is 5.88 Å². The number of carbonyl (C=O) groups is 1. The van der Waals surface area contributed by atoms with E-state index in [9.17, 15) is 4.79 Å². The molecule has 1 aliphatic rings. The molecule has 29 heavy (non-hydrogen) atoms. The van der Waals surface area contributed by atoms with E-state index in [1.807, 2.05) is 25.1 Å². The fourth-order valence-corrected chi connectivity index (χ4v) is 3.54. The summed E-state index contributed by atoms with van der Waals surface area (Å²) in [7, 11) is 0. The fourth-order valence-electron chi connectivity index (χ4n) is 2.92. The van der Waals surface area contributed by atoms with Gasteiger partial charge in [0.2, 0.25) is 0 Å². The molecule has 1 aliphatic carbocycles. The molecular weight excluding hydrogens is 435 g/mol. The molecule has 2 aromatic carbocycles. The summed E-state index contributed by atoms with van der Waals surface area (Å²) in [6.07, 6.45) is 2.23. The van der Waals surface area contributed by atoms with Crippen molar-refractivity contribution >= 4 is 40.8 Å². The molecule has 1 saturated carbocycles. The SMILES string of the molecule is Cc1cccc(C2CC2)c1Oc1nnc(Cl)cc1OC(=O)c1ccc(Cl)cc1Cl. The quantitative estimate of drug-likeness (QED) is 0.409. The first-order valence-electron chi connectivity index (χ1n) is 8.90. The Hall–Kier alpha value is -2.34. The molecule has 8 heteroatoms. The number of aryl methyl sites for hydroxylation is 1. The first kappa shape index (κ1) is 20.0. The summed E-state index contributed by atoms with van der Waals surface area (Å²) < 4.78 is 11.5. The van der Waals surface area contributed by atoms with Crippen molar-refractivity contribution in [2.24, 2.45) is 0 Å². The number of esters is 1. The van der Waals surface area contributed by atoms with E-state index in [1.165, 1.54) is 18.2 Å². The summed E-state index contributed by atoms with van der Waals surface area (Å²) >= 11 is 18.0. The number of rotatable bonds is 5. The van der Waals surface area contributed by atoms with E-state index in [4.69, 9.17) is 44.3 Å². The van der Waals surface area contributed by atoms with Crippen molar-refractivity contribution in [3.05, 3.63) is 74.4 Å². The minimum absolute atomic E-state index is 0.0454. The van der Waals surface area contributed by atoms with Crippen LogP contribution in [0.3, 0.4) is 0 Å². The van der Waals surface area contributed by atoms with Crippen LogP contribution in [0.4, 0.5) is 0 Å². The Bertz CT molecular complexity index is 1100. The Morgan fingerprint density at radius 3 is 2.59 bits per heavy atom. The predicted molar refractivity (Wildman–Crippen MR) is 112 cm³/mol. The summed E-state index contributed by atoms with van der Waals surface area (Å²) in [5.74, 6) is 0.556. The molecule has 0 unspecified atom stereocenters. The topological polar surface area (TPSA) is 61.3 Å². The van der Waals surface area contributed by atoms with Gasteiger partial charge in [0.15, 0.2) is 10.9 Å². The third-order valence-corrected chi connectivity index (χ3v) is 5.24. The monoisotopic (exact) mass is 448 g/mol. The van der Waals surface area contributed by atoms with Gasteiger partial charge in [-0.1, -0.05) is 53.0 Å². The zero-order chi connectivity index (χ0) is 20.5. The summed E-state index contributed by atoms with van der Waals surface area (Å²) in [6, 6.07) is 11.8. The minimum atomic E-state index is -0.687. The minimum Gasteiger partial charge on any atom is -0.434 e. The molecule has 0 N–H and O–H groups in total. The van der Waals surface area contributed by atoms with Gasteiger partial charge in [0.1, 0.15) is 5.75 Å². The van der Waals surface area contributed by atoms with E-state index in [-0.39, 0.29) is 27.4 Å². The van der Waals surface area contributed by atoms with E-state index in [1.54, 1.807) is 6.07 Å². The maximum Gasteiger partial charge on any atom is 0.345 e. The fraction of sp³-hybridized carbons (Fsp3) is 0.190. The molecule has 3 aromatic rings. The molecule has 0 amide bonds. The lowest BCUT2D eigenvalue weighted by atomic mass is 10.1. The molecule has 4 rings (SSSR count). The van der Waals surface area contributed by atoms with Gasteiger partial charge in [-0.2, -0.15) is 0 Å². The number of aromatic nitrogens is 2. The number of halogens is 3. The normalized spacial score (nSPS) is 13.2. The third kappa shape index (κ3) is 4.47. The smallest absolute Gasteiger partial charge is 0.345 e. The largest absolute Gasteiger partial charge is 0.434 e. The highest BCUT2D eigenvalue weighted by Crippen LogP contribution is 2.47. The van der Waals surface area contributed by atoms with Crippen LogP contribution in [0.2, 0.25) is 15.2 Å². The van der Waals surface area contributed by atoms with Gasteiger partial charge >= 0.3 is 5.97 Å². The Balaban J connectivity index is 1.66. The second-order valence-corrected chi connectivity index (χ2v) is 7.95. The Kier molecular flexibility index (Phi) is 5.63. The first-order chi connectivity index (χ1) is 13.9. The van der Waals surface area contributed by atoms with Crippen molar-refractivity contribution in [2.45, 2.75) is 25.7 Å². The van der Waals surface area contributed by atoms with Crippen molar-refractivity contribution in [1.29, 1.82) is 0 Å². The van der Waals surface area contributed by atoms with Crippen LogP contribution in [0.15, 0.2) is 42.5 Å². The van der Waals surface area contributed by atoms with Crippen molar-refractivity contribution in [2.75, 3.05) is 0 Å². The van der Waals surface area contributed by atoms with Crippen molar-refractivity contribution in [1.82, 2.24) is 10.2 Å². The van der Waals surface area contributed by atoms with Crippen LogP contribution < -0.4 is 9.47 Å². The second kappa shape index (κ2) is 8.19. The molecule has 0 bridgehead atoms. The van der Waals surface area contributed by atoms with Crippen LogP contribution in [0.1, 0.15) is 40.2 Å². The Labute approximate surface area is 182 Å². The van der Waals surface area contributed by atoms with Crippen molar-refractivity contribution in [3.63, 3.8) is 0 Å². The van der Waals surface area contributed by atoms with Gasteiger partial charge in [0.05, 0.1) is 10.6 Å². The van der Waals surface area contributed by atoms with Crippen LogP contribution in [0.5, 0.6) is 17.4 Å². The van der Waals surface area contributed by atoms with Crippen molar-refractivity contribution in [3.8, 4) is 17.4 Å². The van der Waals surface area contributed by atoms with Gasteiger partial charge in [0, 0.05) is 11.1 Å². The second-order valence-electron chi connectivity index (χ2n) is 6.72. The lowest BCUT2D eigenvalue weighted by Crippen LogP contribution is -2.11. The highest BCUT2D eigenvalue weighted by Gasteiger charge is 2.28. The van der Waals surface area contributed by atoms with E-state index in [2.05, 4.69) is 10.2 Å². The van der Waals surface area contributed by atoms with E-state index < -0.39 is 5.97 Å². The van der Waals surface area contributed by atoms with Gasteiger partial charge in [-0.15, -0.1) is 10.2 Å². The number of nitrogens with zero attached hydrogens (tertiary/aromatic N) is 2. The number of hydrogen-bond acceptors (Lipinski definition) is 5. The maximum absolute atomic E-state index is 12.6. The molecule has 5 nitrogen and oxygen atoms in total. The summed E-state index contributed by atoms with van der Waals surface area (Å²) in [4.78, 5) is 12.6. The van der Waals surface area contributed by atoms with Gasteiger partial charge in [-0.05, 0) is 55.0 Å². The first-order valence-corrected chi connectivity index (χ1v) is 10.0. The molecule has 0 atom stereocenters. The third-order valence-electron chi connectivity index (χ3n) is 4.51. The molecule has 0 spiro atoms. The summed E-state index contributed by atoms with van der Waals surface area (Å²) in [5.41, 5.74) is 2.20. The zero-order valence-electron chi connectivity index (χ0n) is 15.3. The average molecular weight is 450 g/mol. The molecule has 148 valence electrons. The zero-order valence-corrected chi connectivity index (χ0v) is 17.6. The highest BCUT2D eigenvalue weighted by atomic mass is 35.5. The van der Waals surface area contributed by atoms with Crippen molar-refractivity contribution < 1.29 is 14.3 Å². The molecule has 1 fully saturated rings. The average Bonchev–Trinajstić information content (AvgIpc) is 3.50. The van der Waals surface area contributed by atoms with Crippen LogP contribution in [-0.2, 0) is 0 Å². The number of para-hydroxylation sites is 1. The Morgan fingerprint density at radius 2 is 1.86 bits per heavy atom. The molecular formula is C21H15Cl3N2O3. The number of hydrogen-bond donors (Lipinski definition) is 0. The lowest BCUT2D eigenvalue weighted by Gasteiger charge is -2.15. The van der Waals surface area contributed by atoms with Gasteiger partial charge in [-0.3, -0.25) is 0 Å². The maximum atomic E-state index is 12.6. The van der Waals surface area contributed by atoms with Crippen LogP contribution >= 0.6 is 34.8 Å². The van der Waals surface area contributed by atoms with Gasteiger partial charge < -0.3 is 9.47 Å². The van der Waals surface area contributed by atoms with E-state index in [0.717, 1.165) is 24.0 Å². The van der Waals surface area contributed by atoms with Gasteiger partial charge in [-0.25, -0.2) is 4.79 Å². The van der Waals surface area contributed by atoms with E-state index in [0.29, 0.717) is 16.7 Å². The standard InChI is InChI=1S/C21H15Cl3N2O3/c1-11-3-2-4-14(12-5-6-12)19(11)29-20-17(10-18(24)25-26-20)28-21(27)15-8-7-13(22)9-16(15)23/h2-4,7-10,12H,5-6H2,1H3. The number of ether oxygens (including phenoxy) is 2. The lowest BCUT2D eigenvalue weighted by molar-refractivity contribution is 0.0729.